The van der Waals surface area contributed by atoms with Crippen LogP contribution in [-0.4, -0.2) is 61.8 Å². The first-order chi connectivity index (χ1) is 15.8. The fourth-order valence-corrected chi connectivity index (χ4v) is 5.39. The summed E-state index contributed by atoms with van der Waals surface area (Å²) in [5, 5.41) is 3.59. The molecule has 0 atom stereocenters. The SMILES string of the molecule is O=C(CS(=O)(=O)c1cn(CC(=O)N2CCOCC2)c2ccccc12)NCc1ccccc1Cl. The highest BCUT2D eigenvalue weighted by Crippen LogP contribution is 2.26. The number of nitrogens with one attached hydrogen (secondary N) is 1. The van der Waals surface area contributed by atoms with Gasteiger partial charge in [0.25, 0.3) is 0 Å². The predicted octanol–water partition coefficient (Wildman–Crippen LogP) is 2.24. The van der Waals surface area contributed by atoms with Crippen molar-refractivity contribution in [1.29, 1.82) is 0 Å². The van der Waals surface area contributed by atoms with Crippen molar-refractivity contribution in [2.45, 2.75) is 18.0 Å². The highest BCUT2D eigenvalue weighted by atomic mass is 35.5. The molecule has 1 fully saturated rings. The quantitative estimate of drug-likeness (QED) is 0.549. The summed E-state index contributed by atoms with van der Waals surface area (Å²) in [5.74, 6) is -1.44. The molecule has 8 nitrogen and oxygen atoms in total. The molecule has 0 saturated carbocycles. The molecule has 1 aliphatic rings. The van der Waals surface area contributed by atoms with Crippen LogP contribution in [0.4, 0.5) is 0 Å². The zero-order valence-electron chi connectivity index (χ0n) is 17.9. The van der Waals surface area contributed by atoms with E-state index in [0.29, 0.717) is 47.8 Å². The van der Waals surface area contributed by atoms with Crippen LogP contribution in [0.2, 0.25) is 5.02 Å². The van der Waals surface area contributed by atoms with E-state index in [1.54, 1.807) is 58.0 Å². The maximum Gasteiger partial charge on any atom is 0.242 e. The predicted molar refractivity (Wildman–Crippen MR) is 125 cm³/mol. The van der Waals surface area contributed by atoms with Crippen molar-refractivity contribution in [1.82, 2.24) is 14.8 Å². The van der Waals surface area contributed by atoms with Crippen molar-refractivity contribution in [2.24, 2.45) is 0 Å². The van der Waals surface area contributed by atoms with E-state index in [0.717, 1.165) is 0 Å². The Morgan fingerprint density at radius 1 is 1.03 bits per heavy atom. The molecule has 1 aromatic heterocycles. The average Bonchev–Trinajstić information content (AvgIpc) is 3.18. The van der Waals surface area contributed by atoms with E-state index in [2.05, 4.69) is 5.32 Å². The first-order valence-corrected chi connectivity index (χ1v) is 12.5. The Kier molecular flexibility index (Phi) is 7.02. The minimum absolute atomic E-state index is 0.00867. The maximum atomic E-state index is 13.1. The van der Waals surface area contributed by atoms with Gasteiger partial charge in [0.2, 0.25) is 11.8 Å². The number of ether oxygens (including phenoxy) is 1. The fraction of sp³-hybridized carbons (Fsp3) is 0.304. The van der Waals surface area contributed by atoms with Gasteiger partial charge in [0.15, 0.2) is 9.84 Å². The number of para-hydroxylation sites is 1. The lowest BCUT2D eigenvalue weighted by Gasteiger charge is -2.27. The van der Waals surface area contributed by atoms with Crippen LogP contribution in [0, 0.1) is 0 Å². The van der Waals surface area contributed by atoms with Gasteiger partial charge in [0.1, 0.15) is 12.3 Å². The molecule has 1 saturated heterocycles. The third-order valence-electron chi connectivity index (χ3n) is 5.51. The molecule has 2 aromatic carbocycles. The Labute approximate surface area is 197 Å². The molecule has 2 heterocycles. The van der Waals surface area contributed by atoms with Crippen LogP contribution >= 0.6 is 11.6 Å². The van der Waals surface area contributed by atoms with Crippen molar-refractivity contribution in [3.8, 4) is 0 Å². The number of carbonyl (C=O) groups is 2. The third-order valence-corrected chi connectivity index (χ3v) is 7.52. The van der Waals surface area contributed by atoms with Gasteiger partial charge in [-0.1, -0.05) is 48.0 Å². The highest BCUT2D eigenvalue weighted by molar-refractivity contribution is 7.92. The summed E-state index contributed by atoms with van der Waals surface area (Å²) in [5.41, 5.74) is 1.32. The number of nitrogens with zero attached hydrogens (tertiary/aromatic N) is 2. The lowest BCUT2D eigenvalue weighted by atomic mass is 10.2. The first-order valence-electron chi connectivity index (χ1n) is 10.5. The molecule has 0 spiro atoms. The molecule has 0 unspecified atom stereocenters. The second-order valence-electron chi connectivity index (χ2n) is 7.76. The molecule has 1 aliphatic heterocycles. The first kappa shape index (κ1) is 23.3. The largest absolute Gasteiger partial charge is 0.378 e. The zero-order valence-corrected chi connectivity index (χ0v) is 19.4. The standard InChI is InChI=1S/C23H24ClN3O5S/c24-19-7-3-1-5-17(19)13-25-22(28)16-33(30,31)21-14-27(20-8-4-2-6-18(20)21)15-23(29)26-9-11-32-12-10-26/h1-8,14H,9-13,15-16H2,(H,25,28). The van der Waals surface area contributed by atoms with E-state index in [-0.39, 0.29) is 23.9 Å². The second-order valence-corrected chi connectivity index (χ2v) is 10.1. The van der Waals surface area contributed by atoms with Crippen molar-refractivity contribution in [3.63, 3.8) is 0 Å². The lowest BCUT2D eigenvalue weighted by molar-refractivity contribution is -0.135. The summed E-state index contributed by atoms with van der Waals surface area (Å²) in [7, 11) is -3.95. The summed E-state index contributed by atoms with van der Waals surface area (Å²) in [6, 6.07) is 14.0. The number of hydrogen-bond acceptors (Lipinski definition) is 5. The number of aromatic nitrogens is 1. The number of amides is 2. The Bertz CT molecular complexity index is 1280. The third kappa shape index (κ3) is 5.38. The van der Waals surface area contributed by atoms with Crippen molar-refractivity contribution < 1.29 is 22.7 Å². The molecule has 0 radical (unpaired) electrons. The number of halogens is 1. The number of rotatable bonds is 7. The molecule has 0 aliphatic carbocycles. The Morgan fingerprint density at radius 3 is 2.48 bits per heavy atom. The summed E-state index contributed by atoms with van der Waals surface area (Å²) in [6.45, 7) is 2.13. The van der Waals surface area contributed by atoms with Gasteiger partial charge in [0.05, 0.1) is 18.1 Å². The second kappa shape index (κ2) is 9.94. The summed E-state index contributed by atoms with van der Waals surface area (Å²) >= 11 is 6.09. The van der Waals surface area contributed by atoms with Gasteiger partial charge in [0, 0.05) is 41.8 Å². The van der Waals surface area contributed by atoms with Gasteiger partial charge in [-0.05, 0) is 17.7 Å². The smallest absolute Gasteiger partial charge is 0.242 e. The molecular formula is C23H24ClN3O5S. The molecule has 10 heteroatoms. The minimum Gasteiger partial charge on any atom is -0.378 e. The van der Waals surface area contributed by atoms with Gasteiger partial charge < -0.3 is 19.5 Å². The molecule has 33 heavy (non-hydrogen) atoms. The summed E-state index contributed by atoms with van der Waals surface area (Å²) < 4.78 is 33.2. The number of sulfone groups is 1. The number of carbonyl (C=O) groups excluding carboxylic acids is 2. The monoisotopic (exact) mass is 489 g/mol. The molecular weight excluding hydrogens is 466 g/mol. The van der Waals surface area contributed by atoms with Gasteiger partial charge >= 0.3 is 0 Å². The Morgan fingerprint density at radius 2 is 1.73 bits per heavy atom. The topological polar surface area (TPSA) is 97.7 Å². The highest BCUT2D eigenvalue weighted by Gasteiger charge is 2.26. The lowest BCUT2D eigenvalue weighted by Crippen LogP contribution is -2.42. The van der Waals surface area contributed by atoms with E-state index < -0.39 is 21.5 Å². The maximum absolute atomic E-state index is 13.1. The van der Waals surface area contributed by atoms with Gasteiger partial charge in [-0.15, -0.1) is 0 Å². The average molecular weight is 490 g/mol. The van der Waals surface area contributed by atoms with Crippen LogP contribution in [0.5, 0.6) is 0 Å². The van der Waals surface area contributed by atoms with Crippen LogP contribution in [0.1, 0.15) is 5.56 Å². The van der Waals surface area contributed by atoms with E-state index in [9.17, 15) is 18.0 Å². The summed E-state index contributed by atoms with van der Waals surface area (Å²) in [4.78, 5) is 26.9. The zero-order chi connectivity index (χ0) is 23.4. The van der Waals surface area contributed by atoms with Gasteiger partial charge in [-0.3, -0.25) is 9.59 Å². The Balaban J connectivity index is 1.52. The van der Waals surface area contributed by atoms with E-state index in [4.69, 9.17) is 16.3 Å². The summed E-state index contributed by atoms with van der Waals surface area (Å²) in [6.07, 6.45) is 1.44. The van der Waals surface area contributed by atoms with E-state index in [1.807, 2.05) is 0 Å². The fourth-order valence-electron chi connectivity index (χ4n) is 3.79. The number of morpholine rings is 1. The van der Waals surface area contributed by atoms with Crippen LogP contribution < -0.4 is 5.32 Å². The van der Waals surface area contributed by atoms with Crippen LogP contribution in [0.3, 0.4) is 0 Å². The van der Waals surface area contributed by atoms with Crippen molar-refractivity contribution in [3.05, 3.63) is 65.3 Å². The number of benzene rings is 2. The van der Waals surface area contributed by atoms with Crippen LogP contribution in [-0.2, 0) is 37.3 Å². The molecule has 2 amide bonds. The number of fused-ring (bicyclic) bond motifs is 1. The van der Waals surface area contributed by atoms with E-state index >= 15 is 0 Å². The molecule has 174 valence electrons. The van der Waals surface area contributed by atoms with Gasteiger partial charge in [-0.25, -0.2) is 8.42 Å². The minimum atomic E-state index is -3.95. The Hall–Kier alpha value is -2.88. The molecule has 4 rings (SSSR count). The van der Waals surface area contributed by atoms with E-state index in [1.165, 1.54) is 6.20 Å². The van der Waals surface area contributed by atoms with Crippen molar-refractivity contribution in [2.75, 3.05) is 32.1 Å². The van der Waals surface area contributed by atoms with Crippen LogP contribution in [0.15, 0.2) is 59.6 Å². The van der Waals surface area contributed by atoms with Crippen LogP contribution in [0.25, 0.3) is 10.9 Å². The molecule has 3 aromatic rings. The molecule has 0 bridgehead atoms. The van der Waals surface area contributed by atoms with Gasteiger partial charge in [-0.2, -0.15) is 0 Å². The normalized spacial score (nSPS) is 14.4. The molecule has 1 N–H and O–H groups in total. The number of hydrogen-bond donors (Lipinski definition) is 1. The van der Waals surface area contributed by atoms with Crippen molar-refractivity contribution >= 4 is 44.2 Å².